The summed E-state index contributed by atoms with van der Waals surface area (Å²) >= 11 is 1.86. The Bertz CT molecular complexity index is 217. The molecule has 1 rings (SSSR count). The predicted molar refractivity (Wildman–Crippen MR) is 76.0 cm³/mol. The zero-order chi connectivity index (χ0) is 13.1. The number of esters is 1. The van der Waals surface area contributed by atoms with Crippen molar-refractivity contribution in [1.29, 1.82) is 0 Å². The number of ether oxygens (including phenoxy) is 2. The van der Waals surface area contributed by atoms with Gasteiger partial charge < -0.3 is 9.47 Å². The molecule has 1 unspecified atom stereocenters. The summed E-state index contributed by atoms with van der Waals surface area (Å²) in [6.07, 6.45) is 8.73. The first kappa shape index (κ1) is 15.8. The molecule has 0 saturated carbocycles. The van der Waals surface area contributed by atoms with Crippen molar-refractivity contribution in [2.75, 3.05) is 24.7 Å². The van der Waals surface area contributed by atoms with Crippen LogP contribution in [0.4, 0.5) is 0 Å². The second kappa shape index (κ2) is 10.7. The minimum atomic E-state index is -0.0825. The normalized spacial score (nSPS) is 17.7. The summed E-state index contributed by atoms with van der Waals surface area (Å²) in [7, 11) is 0. The van der Waals surface area contributed by atoms with Crippen LogP contribution in [0.3, 0.4) is 0 Å². The third-order valence-corrected chi connectivity index (χ3v) is 4.00. The number of hydrogen-bond donors (Lipinski definition) is 0. The highest BCUT2D eigenvalue weighted by Gasteiger charge is 2.23. The molecular formula is C14H26O3S. The third-order valence-electron chi connectivity index (χ3n) is 2.93. The highest BCUT2D eigenvalue weighted by molar-refractivity contribution is 7.99. The van der Waals surface area contributed by atoms with Crippen molar-refractivity contribution in [3.63, 3.8) is 0 Å². The number of unbranched alkanes of at least 4 members (excludes halogenated alkanes) is 5. The van der Waals surface area contributed by atoms with Gasteiger partial charge in [0.2, 0.25) is 0 Å². The van der Waals surface area contributed by atoms with Gasteiger partial charge in [0.25, 0.3) is 0 Å². The molecule has 0 radical (unpaired) electrons. The molecule has 1 fully saturated rings. The number of rotatable bonds is 12. The minimum Gasteiger partial charge on any atom is -0.463 e. The molecule has 0 N–H and O–H groups in total. The van der Waals surface area contributed by atoms with Gasteiger partial charge in [-0.2, -0.15) is 11.8 Å². The highest BCUT2D eigenvalue weighted by atomic mass is 32.2. The van der Waals surface area contributed by atoms with Crippen molar-refractivity contribution in [2.45, 2.75) is 58.0 Å². The van der Waals surface area contributed by atoms with Crippen molar-refractivity contribution in [3.05, 3.63) is 0 Å². The molecule has 1 saturated heterocycles. The monoisotopic (exact) mass is 274 g/mol. The second-order valence-electron chi connectivity index (χ2n) is 4.77. The lowest BCUT2D eigenvalue weighted by Gasteiger charge is -2.03. The zero-order valence-electron chi connectivity index (χ0n) is 11.5. The number of thioether (sulfide) groups is 1. The molecule has 1 aliphatic heterocycles. The third kappa shape index (κ3) is 9.77. The summed E-state index contributed by atoms with van der Waals surface area (Å²) in [5.41, 5.74) is 0. The van der Waals surface area contributed by atoms with Crippen molar-refractivity contribution < 1.29 is 14.3 Å². The fourth-order valence-corrected chi connectivity index (χ4v) is 2.59. The fourth-order valence-electron chi connectivity index (χ4n) is 1.66. The van der Waals surface area contributed by atoms with Gasteiger partial charge in [0, 0.05) is 5.75 Å². The van der Waals surface area contributed by atoms with E-state index in [1.165, 1.54) is 44.3 Å². The average molecular weight is 274 g/mol. The van der Waals surface area contributed by atoms with E-state index in [2.05, 4.69) is 6.92 Å². The van der Waals surface area contributed by atoms with E-state index in [0.29, 0.717) is 13.0 Å². The van der Waals surface area contributed by atoms with Crippen LogP contribution in [0.25, 0.3) is 0 Å². The van der Waals surface area contributed by atoms with Crippen LogP contribution in [0, 0.1) is 0 Å². The molecule has 0 aromatic heterocycles. The van der Waals surface area contributed by atoms with Crippen LogP contribution in [0.2, 0.25) is 0 Å². The van der Waals surface area contributed by atoms with E-state index in [1.54, 1.807) is 0 Å². The summed E-state index contributed by atoms with van der Waals surface area (Å²) in [6, 6.07) is 0. The lowest BCUT2D eigenvalue weighted by atomic mass is 10.1. The smallest absolute Gasteiger partial charge is 0.306 e. The Balaban J connectivity index is 1.73. The maximum absolute atomic E-state index is 11.3. The maximum atomic E-state index is 11.3. The predicted octanol–water partition coefficient (Wildman–Crippen LogP) is 3.41. The molecule has 0 aromatic carbocycles. The SMILES string of the molecule is CCCCCCCCSCCC(=O)OCC1CO1. The van der Waals surface area contributed by atoms with E-state index in [4.69, 9.17) is 9.47 Å². The lowest BCUT2D eigenvalue weighted by Crippen LogP contribution is -2.10. The minimum absolute atomic E-state index is 0.0825. The van der Waals surface area contributed by atoms with Gasteiger partial charge in [0.1, 0.15) is 12.7 Å². The van der Waals surface area contributed by atoms with Gasteiger partial charge in [-0.25, -0.2) is 0 Å². The quantitative estimate of drug-likeness (QED) is 0.310. The maximum Gasteiger partial charge on any atom is 0.306 e. The van der Waals surface area contributed by atoms with Gasteiger partial charge in [-0.3, -0.25) is 4.79 Å². The van der Waals surface area contributed by atoms with Gasteiger partial charge in [0.15, 0.2) is 0 Å². The Hall–Kier alpha value is -0.220. The topological polar surface area (TPSA) is 38.8 Å². The van der Waals surface area contributed by atoms with Crippen LogP contribution >= 0.6 is 11.8 Å². The van der Waals surface area contributed by atoms with E-state index < -0.39 is 0 Å². The molecule has 4 heteroatoms. The first-order valence-corrected chi connectivity index (χ1v) is 8.33. The number of hydrogen-bond acceptors (Lipinski definition) is 4. The molecule has 0 bridgehead atoms. The van der Waals surface area contributed by atoms with Crippen molar-refractivity contribution in [2.24, 2.45) is 0 Å². The summed E-state index contributed by atoms with van der Waals surface area (Å²) < 4.78 is 10.0. The van der Waals surface area contributed by atoms with E-state index in [-0.39, 0.29) is 12.1 Å². The lowest BCUT2D eigenvalue weighted by molar-refractivity contribution is -0.143. The van der Waals surface area contributed by atoms with Crippen molar-refractivity contribution in [1.82, 2.24) is 0 Å². The molecule has 1 heterocycles. The summed E-state index contributed by atoms with van der Waals surface area (Å²) in [5, 5.41) is 0. The standard InChI is InChI=1S/C14H26O3S/c1-2-3-4-5-6-7-9-18-10-8-14(15)17-12-13-11-16-13/h13H,2-12H2,1H3. The molecule has 1 aliphatic rings. The van der Waals surface area contributed by atoms with Crippen LogP contribution < -0.4 is 0 Å². The first-order valence-electron chi connectivity index (χ1n) is 7.18. The average Bonchev–Trinajstić information content (AvgIpc) is 3.18. The molecule has 106 valence electrons. The Morgan fingerprint density at radius 2 is 1.94 bits per heavy atom. The van der Waals surface area contributed by atoms with Crippen LogP contribution in [0.15, 0.2) is 0 Å². The van der Waals surface area contributed by atoms with E-state index in [1.807, 2.05) is 11.8 Å². The summed E-state index contributed by atoms with van der Waals surface area (Å²) in [6.45, 7) is 3.44. The van der Waals surface area contributed by atoms with E-state index in [9.17, 15) is 4.79 Å². The number of carbonyl (C=O) groups is 1. The van der Waals surface area contributed by atoms with Crippen molar-refractivity contribution >= 4 is 17.7 Å². The summed E-state index contributed by atoms with van der Waals surface area (Å²) in [4.78, 5) is 11.3. The molecule has 1 atom stereocenters. The van der Waals surface area contributed by atoms with E-state index in [0.717, 1.165) is 12.4 Å². The molecule has 3 nitrogen and oxygen atoms in total. The Morgan fingerprint density at radius 1 is 1.22 bits per heavy atom. The van der Waals surface area contributed by atoms with E-state index >= 15 is 0 Å². The van der Waals surface area contributed by atoms with Gasteiger partial charge in [0.05, 0.1) is 13.0 Å². The van der Waals surface area contributed by atoms with Gasteiger partial charge in [-0.05, 0) is 12.2 Å². The second-order valence-corrected chi connectivity index (χ2v) is 5.99. The first-order chi connectivity index (χ1) is 8.83. The van der Waals surface area contributed by atoms with Crippen LogP contribution in [0.5, 0.6) is 0 Å². The van der Waals surface area contributed by atoms with Crippen LogP contribution in [0.1, 0.15) is 51.9 Å². The van der Waals surface area contributed by atoms with Crippen LogP contribution in [-0.2, 0) is 14.3 Å². The van der Waals surface area contributed by atoms with Crippen LogP contribution in [-0.4, -0.2) is 36.8 Å². The molecule has 0 aromatic rings. The molecule has 0 aliphatic carbocycles. The molecule has 0 spiro atoms. The van der Waals surface area contributed by atoms with Gasteiger partial charge in [-0.15, -0.1) is 0 Å². The summed E-state index contributed by atoms with van der Waals surface area (Å²) in [5.74, 6) is 1.98. The zero-order valence-corrected chi connectivity index (χ0v) is 12.3. The number of carbonyl (C=O) groups excluding carboxylic acids is 1. The largest absolute Gasteiger partial charge is 0.463 e. The highest BCUT2D eigenvalue weighted by Crippen LogP contribution is 2.12. The van der Waals surface area contributed by atoms with Gasteiger partial charge in [-0.1, -0.05) is 39.0 Å². The molecule has 0 amide bonds. The fraction of sp³-hybridized carbons (Fsp3) is 0.929. The Kier molecular flexibility index (Phi) is 9.40. The van der Waals surface area contributed by atoms with Crippen molar-refractivity contribution in [3.8, 4) is 0 Å². The molecular weight excluding hydrogens is 248 g/mol. The Labute approximate surface area is 115 Å². The number of epoxide rings is 1. The van der Waals surface area contributed by atoms with Gasteiger partial charge >= 0.3 is 5.97 Å². The Morgan fingerprint density at radius 3 is 2.67 bits per heavy atom. The molecule has 18 heavy (non-hydrogen) atoms.